The van der Waals surface area contributed by atoms with E-state index in [2.05, 4.69) is 43.3 Å². The van der Waals surface area contributed by atoms with E-state index in [1.54, 1.807) is 0 Å². The summed E-state index contributed by atoms with van der Waals surface area (Å²) in [7, 11) is 0. The Morgan fingerprint density at radius 2 is 1.65 bits per heavy atom. The van der Waals surface area contributed by atoms with Crippen molar-refractivity contribution in [3.8, 4) is 0 Å². The highest BCUT2D eigenvalue weighted by Gasteiger charge is 2.41. The van der Waals surface area contributed by atoms with Crippen LogP contribution in [-0.4, -0.2) is 5.11 Å². The summed E-state index contributed by atoms with van der Waals surface area (Å²) in [6.45, 7) is 2.10. The number of rotatable bonds is 2. The maximum absolute atomic E-state index is 11.4. The second kappa shape index (κ2) is 5.41. The predicted molar refractivity (Wildman–Crippen MR) is 82.7 cm³/mol. The van der Waals surface area contributed by atoms with Gasteiger partial charge in [-0.2, -0.15) is 0 Å². The zero-order valence-electron chi connectivity index (χ0n) is 12.0. The Morgan fingerprint density at radius 1 is 0.950 bits per heavy atom. The lowest BCUT2D eigenvalue weighted by Gasteiger charge is -2.41. The lowest BCUT2D eigenvalue weighted by Crippen LogP contribution is -2.37. The molecule has 1 N–H and O–H groups in total. The summed E-state index contributed by atoms with van der Waals surface area (Å²) < 4.78 is 0. The van der Waals surface area contributed by atoms with Crippen LogP contribution in [0.25, 0.3) is 0 Å². The minimum absolute atomic E-state index is 0.207. The van der Waals surface area contributed by atoms with E-state index < -0.39 is 5.60 Å². The minimum atomic E-state index is -0.717. The van der Waals surface area contributed by atoms with Crippen LogP contribution in [0.5, 0.6) is 0 Å². The SMILES string of the molecule is Cc1ccccc1C1(O)CCCCC1c1ccccc1. The molecule has 0 aliphatic heterocycles. The summed E-state index contributed by atoms with van der Waals surface area (Å²) in [4.78, 5) is 0. The van der Waals surface area contributed by atoms with Crippen molar-refractivity contribution in [3.63, 3.8) is 0 Å². The molecule has 0 radical (unpaired) electrons. The molecule has 1 nitrogen and oxygen atoms in total. The van der Waals surface area contributed by atoms with Gasteiger partial charge in [-0.1, -0.05) is 67.4 Å². The fourth-order valence-electron chi connectivity index (χ4n) is 3.66. The Kier molecular flexibility index (Phi) is 3.62. The molecular formula is C19H22O. The molecule has 0 aromatic heterocycles. The van der Waals surface area contributed by atoms with Crippen LogP contribution in [-0.2, 0) is 5.60 Å². The smallest absolute Gasteiger partial charge is 0.0967 e. The molecule has 2 aromatic carbocycles. The van der Waals surface area contributed by atoms with Crippen LogP contribution in [0.15, 0.2) is 54.6 Å². The molecule has 0 spiro atoms. The van der Waals surface area contributed by atoms with E-state index in [9.17, 15) is 5.11 Å². The van der Waals surface area contributed by atoms with Gasteiger partial charge in [0.05, 0.1) is 5.60 Å². The van der Waals surface area contributed by atoms with Gasteiger partial charge in [-0.25, -0.2) is 0 Å². The third-order valence-electron chi connectivity index (χ3n) is 4.69. The van der Waals surface area contributed by atoms with Gasteiger partial charge in [0.25, 0.3) is 0 Å². The number of aliphatic hydroxyl groups is 1. The Bertz CT molecular complexity index is 575. The van der Waals surface area contributed by atoms with E-state index in [1.807, 2.05) is 18.2 Å². The van der Waals surface area contributed by atoms with E-state index in [0.29, 0.717) is 0 Å². The average molecular weight is 266 g/mol. The van der Waals surface area contributed by atoms with Crippen LogP contribution in [0, 0.1) is 6.92 Å². The van der Waals surface area contributed by atoms with Gasteiger partial charge in [-0.05, 0) is 36.5 Å². The van der Waals surface area contributed by atoms with Gasteiger partial charge in [0.1, 0.15) is 0 Å². The molecule has 3 rings (SSSR count). The van der Waals surface area contributed by atoms with Crippen molar-refractivity contribution < 1.29 is 5.11 Å². The van der Waals surface area contributed by atoms with Crippen molar-refractivity contribution in [1.29, 1.82) is 0 Å². The van der Waals surface area contributed by atoms with Crippen LogP contribution in [0.1, 0.15) is 48.3 Å². The predicted octanol–water partition coefficient (Wildman–Crippen LogP) is 4.54. The number of aryl methyl sites for hydroxylation is 1. The highest BCUT2D eigenvalue weighted by Crippen LogP contribution is 2.48. The molecule has 0 heterocycles. The molecule has 0 saturated heterocycles. The number of hydrogen-bond acceptors (Lipinski definition) is 1. The highest BCUT2D eigenvalue weighted by molar-refractivity contribution is 5.36. The monoisotopic (exact) mass is 266 g/mol. The van der Waals surface area contributed by atoms with Crippen molar-refractivity contribution in [2.24, 2.45) is 0 Å². The van der Waals surface area contributed by atoms with Crippen LogP contribution >= 0.6 is 0 Å². The summed E-state index contributed by atoms with van der Waals surface area (Å²) in [6.07, 6.45) is 4.23. The molecule has 1 aliphatic rings. The van der Waals surface area contributed by atoms with Crippen molar-refractivity contribution in [2.45, 2.75) is 44.1 Å². The fourth-order valence-corrected chi connectivity index (χ4v) is 3.66. The summed E-state index contributed by atoms with van der Waals surface area (Å²) in [5.41, 5.74) is 2.84. The quantitative estimate of drug-likeness (QED) is 0.846. The molecule has 2 unspecified atom stereocenters. The largest absolute Gasteiger partial charge is 0.385 e. The first kappa shape index (κ1) is 13.4. The number of hydrogen-bond donors (Lipinski definition) is 1. The Balaban J connectivity index is 2.06. The van der Waals surface area contributed by atoms with Crippen LogP contribution < -0.4 is 0 Å². The molecule has 1 heteroatoms. The third kappa shape index (κ3) is 2.27. The first-order valence-corrected chi connectivity index (χ1v) is 7.55. The molecule has 1 aliphatic carbocycles. The van der Waals surface area contributed by atoms with Gasteiger partial charge in [0.2, 0.25) is 0 Å². The Morgan fingerprint density at radius 3 is 2.40 bits per heavy atom. The first-order valence-electron chi connectivity index (χ1n) is 7.55. The zero-order chi connectivity index (χ0) is 14.0. The van der Waals surface area contributed by atoms with E-state index in [-0.39, 0.29) is 5.92 Å². The lowest BCUT2D eigenvalue weighted by atomic mass is 9.68. The van der Waals surface area contributed by atoms with E-state index in [4.69, 9.17) is 0 Å². The van der Waals surface area contributed by atoms with Crippen molar-refractivity contribution >= 4 is 0 Å². The van der Waals surface area contributed by atoms with E-state index >= 15 is 0 Å². The van der Waals surface area contributed by atoms with Crippen LogP contribution in [0.4, 0.5) is 0 Å². The first-order chi connectivity index (χ1) is 9.72. The second-order valence-electron chi connectivity index (χ2n) is 5.95. The summed E-state index contributed by atoms with van der Waals surface area (Å²) >= 11 is 0. The molecule has 1 fully saturated rings. The Hall–Kier alpha value is -1.60. The van der Waals surface area contributed by atoms with Gasteiger partial charge >= 0.3 is 0 Å². The minimum Gasteiger partial charge on any atom is -0.385 e. The van der Waals surface area contributed by atoms with E-state index in [0.717, 1.165) is 24.8 Å². The molecule has 1 saturated carbocycles. The molecule has 0 amide bonds. The highest BCUT2D eigenvalue weighted by atomic mass is 16.3. The second-order valence-corrected chi connectivity index (χ2v) is 5.95. The number of benzene rings is 2. The fraction of sp³-hybridized carbons (Fsp3) is 0.368. The molecule has 2 atom stereocenters. The van der Waals surface area contributed by atoms with Gasteiger partial charge < -0.3 is 5.11 Å². The zero-order valence-corrected chi connectivity index (χ0v) is 12.0. The van der Waals surface area contributed by atoms with Crippen molar-refractivity contribution in [2.75, 3.05) is 0 Å². The molecule has 20 heavy (non-hydrogen) atoms. The third-order valence-corrected chi connectivity index (χ3v) is 4.69. The lowest BCUT2D eigenvalue weighted by molar-refractivity contribution is -0.0229. The normalized spacial score (nSPS) is 26.4. The maximum Gasteiger partial charge on any atom is 0.0967 e. The van der Waals surface area contributed by atoms with Gasteiger partial charge in [-0.15, -0.1) is 0 Å². The van der Waals surface area contributed by atoms with Crippen LogP contribution in [0.2, 0.25) is 0 Å². The van der Waals surface area contributed by atoms with Gasteiger partial charge in [0, 0.05) is 5.92 Å². The Labute approximate surface area is 121 Å². The van der Waals surface area contributed by atoms with Crippen molar-refractivity contribution in [1.82, 2.24) is 0 Å². The molecule has 2 aromatic rings. The average Bonchev–Trinajstić information content (AvgIpc) is 2.49. The molecule has 104 valence electrons. The standard InChI is InChI=1S/C19H22O/c1-15-9-5-6-12-17(15)19(20)14-8-7-13-18(19)16-10-3-2-4-11-16/h2-6,9-12,18,20H,7-8,13-14H2,1H3. The summed E-state index contributed by atoms with van der Waals surface area (Å²) in [6, 6.07) is 18.8. The van der Waals surface area contributed by atoms with Gasteiger partial charge in [-0.3, -0.25) is 0 Å². The molecule has 0 bridgehead atoms. The van der Waals surface area contributed by atoms with Gasteiger partial charge in [0.15, 0.2) is 0 Å². The summed E-state index contributed by atoms with van der Waals surface area (Å²) in [5.74, 6) is 0.207. The van der Waals surface area contributed by atoms with E-state index in [1.165, 1.54) is 17.5 Å². The van der Waals surface area contributed by atoms with Crippen LogP contribution in [0.3, 0.4) is 0 Å². The topological polar surface area (TPSA) is 20.2 Å². The summed E-state index contributed by atoms with van der Waals surface area (Å²) in [5, 5.41) is 11.4. The van der Waals surface area contributed by atoms with Crippen molar-refractivity contribution in [3.05, 3.63) is 71.3 Å². The molecular weight excluding hydrogens is 244 g/mol. The maximum atomic E-state index is 11.4.